The summed E-state index contributed by atoms with van der Waals surface area (Å²) < 4.78 is 4.29. The maximum atomic E-state index is 4.63. The highest BCUT2D eigenvalue weighted by atomic mass is 32.2. The topological polar surface area (TPSA) is 48.0 Å². The van der Waals surface area contributed by atoms with Gasteiger partial charge in [0.25, 0.3) is 0 Å². The van der Waals surface area contributed by atoms with Crippen LogP contribution in [0.3, 0.4) is 0 Å². The molecule has 0 bridgehead atoms. The van der Waals surface area contributed by atoms with Gasteiger partial charge in [0.15, 0.2) is 5.16 Å². The molecular weight excluding hydrogens is 294 g/mol. The Kier molecular flexibility index (Phi) is 4.47. The van der Waals surface area contributed by atoms with Gasteiger partial charge in [-0.3, -0.25) is 0 Å². The van der Waals surface area contributed by atoms with Crippen molar-refractivity contribution in [2.75, 3.05) is 0 Å². The second-order valence-electron chi connectivity index (χ2n) is 5.63. The highest BCUT2D eigenvalue weighted by molar-refractivity contribution is 7.98. The molecule has 0 saturated carbocycles. The largest absolute Gasteiger partial charge is 0.307 e. The third-order valence-corrected chi connectivity index (χ3v) is 4.47. The van der Waals surface area contributed by atoms with Crippen molar-refractivity contribution in [3.63, 3.8) is 0 Å². The van der Waals surface area contributed by atoms with Gasteiger partial charge >= 0.3 is 0 Å². The van der Waals surface area contributed by atoms with Gasteiger partial charge < -0.3 is 8.97 Å². The summed E-state index contributed by atoms with van der Waals surface area (Å²) in [5.74, 6) is 2.27. The molecule has 0 N–H and O–H groups in total. The van der Waals surface area contributed by atoms with Crippen LogP contribution in [0.1, 0.15) is 44.6 Å². The van der Waals surface area contributed by atoms with Gasteiger partial charge in [0.2, 0.25) is 0 Å². The molecule has 0 spiro atoms. The third kappa shape index (κ3) is 3.02. The highest BCUT2D eigenvalue weighted by Gasteiger charge is 2.15. The number of fused-ring (bicyclic) bond motifs is 1. The van der Waals surface area contributed by atoms with E-state index in [2.05, 4.69) is 46.7 Å². The number of nitrogens with zero attached hydrogens (tertiary/aromatic N) is 5. The molecule has 0 saturated heterocycles. The molecule has 116 valence electrons. The van der Waals surface area contributed by atoms with Crippen molar-refractivity contribution in [3.05, 3.63) is 42.1 Å². The lowest BCUT2D eigenvalue weighted by molar-refractivity contribution is 0.572. The van der Waals surface area contributed by atoms with Crippen molar-refractivity contribution >= 4 is 17.4 Å². The zero-order valence-electron chi connectivity index (χ0n) is 13.2. The quantitative estimate of drug-likeness (QED) is 0.650. The fraction of sp³-hybridized carbons (Fsp3) is 0.438. The third-order valence-electron chi connectivity index (χ3n) is 3.47. The Hall–Kier alpha value is -1.82. The Morgan fingerprint density at radius 1 is 1.23 bits per heavy atom. The molecule has 3 aromatic rings. The van der Waals surface area contributed by atoms with E-state index in [9.17, 15) is 0 Å². The molecule has 5 nitrogen and oxygen atoms in total. The molecule has 3 rings (SSSR count). The number of rotatable bonds is 6. The van der Waals surface area contributed by atoms with Crippen LogP contribution in [-0.4, -0.2) is 24.1 Å². The van der Waals surface area contributed by atoms with E-state index in [1.165, 1.54) is 0 Å². The summed E-state index contributed by atoms with van der Waals surface area (Å²) in [4.78, 5) is 4.63. The molecule has 0 aliphatic heterocycles. The van der Waals surface area contributed by atoms with Crippen molar-refractivity contribution in [2.45, 2.75) is 50.6 Å². The Balaban J connectivity index is 1.78. The summed E-state index contributed by atoms with van der Waals surface area (Å²) in [5, 5.41) is 9.71. The molecule has 0 atom stereocenters. The van der Waals surface area contributed by atoms with Crippen LogP contribution in [0.4, 0.5) is 0 Å². The highest BCUT2D eigenvalue weighted by Crippen LogP contribution is 2.24. The second-order valence-corrected chi connectivity index (χ2v) is 6.58. The maximum Gasteiger partial charge on any atom is 0.191 e. The van der Waals surface area contributed by atoms with Crippen molar-refractivity contribution in [2.24, 2.45) is 0 Å². The van der Waals surface area contributed by atoms with Crippen LogP contribution in [0.15, 0.2) is 35.7 Å². The molecule has 0 aromatic carbocycles. The first-order valence-electron chi connectivity index (χ1n) is 7.67. The first-order valence-corrected chi connectivity index (χ1v) is 8.66. The molecule has 3 heterocycles. The van der Waals surface area contributed by atoms with Gasteiger partial charge in [0.1, 0.15) is 11.5 Å². The number of thioether (sulfide) groups is 1. The van der Waals surface area contributed by atoms with E-state index >= 15 is 0 Å². The fourth-order valence-corrected chi connectivity index (χ4v) is 3.32. The summed E-state index contributed by atoms with van der Waals surface area (Å²) >= 11 is 1.71. The molecule has 0 unspecified atom stereocenters. The van der Waals surface area contributed by atoms with E-state index in [0.717, 1.165) is 41.0 Å². The standard InChI is InChI=1S/C16H21N5S/c1-4-8-21-15(12(2)3)18-19-16(21)22-11-13-10-20-9-6-5-7-14(20)17-13/h5-7,9-10,12H,4,8,11H2,1-3H3. The molecule has 0 fully saturated rings. The molecule has 3 aromatic heterocycles. The molecular formula is C16H21N5S. The number of hydrogen-bond acceptors (Lipinski definition) is 4. The van der Waals surface area contributed by atoms with Crippen LogP contribution in [0.25, 0.3) is 5.65 Å². The number of aromatic nitrogens is 5. The normalized spacial score (nSPS) is 11.6. The molecule has 22 heavy (non-hydrogen) atoms. The van der Waals surface area contributed by atoms with Crippen molar-refractivity contribution < 1.29 is 0 Å². The van der Waals surface area contributed by atoms with Gasteiger partial charge in [-0.15, -0.1) is 10.2 Å². The predicted molar refractivity (Wildman–Crippen MR) is 89.2 cm³/mol. The van der Waals surface area contributed by atoms with Crippen LogP contribution in [-0.2, 0) is 12.3 Å². The summed E-state index contributed by atoms with van der Waals surface area (Å²) in [5.41, 5.74) is 2.05. The van der Waals surface area contributed by atoms with Crippen molar-refractivity contribution in [1.82, 2.24) is 24.1 Å². The lowest BCUT2D eigenvalue weighted by atomic mass is 10.2. The van der Waals surface area contributed by atoms with Crippen LogP contribution in [0.2, 0.25) is 0 Å². The number of hydrogen-bond donors (Lipinski definition) is 0. The Morgan fingerprint density at radius 3 is 2.82 bits per heavy atom. The lowest BCUT2D eigenvalue weighted by Crippen LogP contribution is -2.06. The Morgan fingerprint density at radius 2 is 2.09 bits per heavy atom. The van der Waals surface area contributed by atoms with E-state index < -0.39 is 0 Å². The van der Waals surface area contributed by atoms with Crippen molar-refractivity contribution in [3.8, 4) is 0 Å². The smallest absolute Gasteiger partial charge is 0.191 e. The van der Waals surface area contributed by atoms with E-state index in [-0.39, 0.29) is 0 Å². The zero-order valence-corrected chi connectivity index (χ0v) is 14.0. The van der Waals surface area contributed by atoms with Crippen LogP contribution >= 0.6 is 11.8 Å². The average molecular weight is 315 g/mol. The van der Waals surface area contributed by atoms with Crippen LogP contribution in [0, 0.1) is 0 Å². The van der Waals surface area contributed by atoms with Gasteiger partial charge in [-0.2, -0.15) is 0 Å². The van der Waals surface area contributed by atoms with Gasteiger partial charge in [-0.25, -0.2) is 4.98 Å². The van der Waals surface area contributed by atoms with Crippen molar-refractivity contribution in [1.29, 1.82) is 0 Å². The fourth-order valence-electron chi connectivity index (χ4n) is 2.46. The van der Waals surface area contributed by atoms with E-state index in [4.69, 9.17) is 0 Å². The summed E-state index contributed by atoms with van der Waals surface area (Å²) in [6.45, 7) is 7.47. The maximum absolute atomic E-state index is 4.63. The number of imidazole rings is 1. The average Bonchev–Trinajstić information content (AvgIpc) is 3.08. The molecule has 0 aliphatic carbocycles. The minimum absolute atomic E-state index is 0.392. The molecule has 0 amide bonds. The van der Waals surface area contributed by atoms with E-state index in [1.54, 1.807) is 11.8 Å². The van der Waals surface area contributed by atoms with E-state index in [1.807, 2.05) is 28.8 Å². The lowest BCUT2D eigenvalue weighted by Gasteiger charge is -2.10. The number of pyridine rings is 1. The summed E-state index contributed by atoms with van der Waals surface area (Å²) in [6, 6.07) is 6.04. The summed E-state index contributed by atoms with van der Waals surface area (Å²) in [6.07, 6.45) is 5.18. The monoisotopic (exact) mass is 315 g/mol. The second kappa shape index (κ2) is 6.52. The first-order chi connectivity index (χ1) is 10.7. The molecule has 0 radical (unpaired) electrons. The summed E-state index contributed by atoms with van der Waals surface area (Å²) in [7, 11) is 0. The Labute approximate surface area is 134 Å². The van der Waals surface area contributed by atoms with Gasteiger partial charge in [-0.05, 0) is 18.6 Å². The predicted octanol–water partition coefficient (Wildman–Crippen LogP) is 3.75. The van der Waals surface area contributed by atoms with Gasteiger partial charge in [0, 0.05) is 30.6 Å². The molecule has 6 heteroatoms. The first kappa shape index (κ1) is 15.1. The van der Waals surface area contributed by atoms with Gasteiger partial charge in [0.05, 0.1) is 5.69 Å². The van der Waals surface area contributed by atoms with Crippen LogP contribution < -0.4 is 0 Å². The SMILES string of the molecule is CCCn1c(SCc2cn3ccccc3n2)nnc1C(C)C. The Bertz CT molecular complexity index is 726. The van der Waals surface area contributed by atoms with Gasteiger partial charge in [-0.1, -0.05) is 38.6 Å². The minimum atomic E-state index is 0.392. The zero-order chi connectivity index (χ0) is 15.5. The molecule has 0 aliphatic rings. The van der Waals surface area contributed by atoms with Crippen LogP contribution in [0.5, 0.6) is 0 Å². The minimum Gasteiger partial charge on any atom is -0.307 e. The van der Waals surface area contributed by atoms with E-state index in [0.29, 0.717) is 5.92 Å².